The summed E-state index contributed by atoms with van der Waals surface area (Å²) in [6.45, 7) is 4.07. The van der Waals surface area contributed by atoms with Gasteiger partial charge in [-0.3, -0.25) is 0 Å². The lowest BCUT2D eigenvalue weighted by atomic mass is 9.94. The van der Waals surface area contributed by atoms with Crippen LogP contribution in [0.5, 0.6) is 0 Å². The minimum absolute atomic E-state index is 0.216. The smallest absolute Gasteiger partial charge is 0.0992 e. The van der Waals surface area contributed by atoms with E-state index in [0.29, 0.717) is 11.5 Å². The molecule has 2 unspecified atom stereocenters. The minimum Gasteiger partial charge on any atom is -0.370 e. The second-order valence-corrected chi connectivity index (χ2v) is 5.60. The SMILES string of the molecule is CC1CCN(c2cc(Br)cc(C#N)c2)CC1N. The van der Waals surface area contributed by atoms with E-state index in [4.69, 9.17) is 11.0 Å². The molecule has 2 atom stereocenters. The van der Waals surface area contributed by atoms with E-state index in [-0.39, 0.29) is 6.04 Å². The highest BCUT2D eigenvalue weighted by Gasteiger charge is 2.23. The Kier molecular flexibility index (Phi) is 3.70. The second kappa shape index (κ2) is 5.07. The van der Waals surface area contributed by atoms with Crippen molar-refractivity contribution in [3.05, 3.63) is 28.2 Å². The van der Waals surface area contributed by atoms with Crippen LogP contribution in [0.15, 0.2) is 22.7 Å². The molecule has 1 heterocycles. The quantitative estimate of drug-likeness (QED) is 0.865. The predicted octanol–water partition coefficient (Wildman–Crippen LogP) is 2.49. The van der Waals surface area contributed by atoms with Crippen LogP contribution in [0.25, 0.3) is 0 Å². The van der Waals surface area contributed by atoms with Gasteiger partial charge < -0.3 is 10.6 Å². The highest BCUT2D eigenvalue weighted by Crippen LogP contribution is 2.26. The Morgan fingerprint density at radius 2 is 2.24 bits per heavy atom. The summed E-state index contributed by atoms with van der Waals surface area (Å²) in [7, 11) is 0. The highest BCUT2D eigenvalue weighted by molar-refractivity contribution is 9.10. The molecule has 0 aromatic heterocycles. The normalized spacial score (nSPS) is 24.5. The molecular weight excluding hydrogens is 278 g/mol. The monoisotopic (exact) mass is 293 g/mol. The summed E-state index contributed by atoms with van der Waals surface area (Å²) in [5.74, 6) is 0.578. The van der Waals surface area contributed by atoms with Crippen molar-refractivity contribution in [2.24, 2.45) is 11.7 Å². The lowest BCUT2D eigenvalue weighted by Gasteiger charge is -2.36. The molecular formula is C13H16BrN3. The van der Waals surface area contributed by atoms with Crippen LogP contribution in [-0.4, -0.2) is 19.1 Å². The van der Waals surface area contributed by atoms with Crippen molar-refractivity contribution in [1.29, 1.82) is 5.26 Å². The zero-order valence-corrected chi connectivity index (χ0v) is 11.4. The third kappa shape index (κ3) is 2.80. The first kappa shape index (κ1) is 12.4. The molecule has 1 aliphatic heterocycles. The second-order valence-electron chi connectivity index (χ2n) is 4.69. The van der Waals surface area contributed by atoms with Gasteiger partial charge in [0, 0.05) is 29.3 Å². The molecule has 1 aromatic rings. The van der Waals surface area contributed by atoms with Gasteiger partial charge in [0.05, 0.1) is 11.6 Å². The first-order valence-electron chi connectivity index (χ1n) is 5.81. The molecule has 1 fully saturated rings. The summed E-state index contributed by atoms with van der Waals surface area (Å²) in [4.78, 5) is 2.26. The lowest BCUT2D eigenvalue weighted by molar-refractivity contribution is 0.379. The average molecular weight is 294 g/mol. The van der Waals surface area contributed by atoms with Crippen LogP contribution in [-0.2, 0) is 0 Å². The molecule has 0 saturated carbocycles. The lowest BCUT2D eigenvalue weighted by Crippen LogP contribution is -2.47. The van der Waals surface area contributed by atoms with E-state index in [0.717, 1.165) is 29.7 Å². The summed E-state index contributed by atoms with van der Waals surface area (Å²) in [5, 5.41) is 8.96. The van der Waals surface area contributed by atoms with Crippen LogP contribution in [0.1, 0.15) is 18.9 Å². The maximum atomic E-state index is 8.96. The number of hydrogen-bond donors (Lipinski definition) is 1. The number of benzene rings is 1. The Bertz CT molecular complexity index is 452. The van der Waals surface area contributed by atoms with Crippen molar-refractivity contribution in [2.45, 2.75) is 19.4 Å². The molecule has 0 spiro atoms. The largest absolute Gasteiger partial charge is 0.370 e. The first-order chi connectivity index (χ1) is 8.10. The summed E-state index contributed by atoms with van der Waals surface area (Å²) in [6, 6.07) is 8.19. The molecule has 4 heteroatoms. The molecule has 90 valence electrons. The van der Waals surface area contributed by atoms with Crippen LogP contribution in [0.2, 0.25) is 0 Å². The number of hydrogen-bond acceptors (Lipinski definition) is 3. The Labute approximate surface area is 110 Å². The molecule has 0 amide bonds. The Hall–Kier alpha value is -1.05. The fourth-order valence-corrected chi connectivity index (χ4v) is 2.64. The van der Waals surface area contributed by atoms with Gasteiger partial charge in [0.1, 0.15) is 0 Å². The zero-order valence-electron chi connectivity index (χ0n) is 9.86. The molecule has 3 nitrogen and oxygen atoms in total. The zero-order chi connectivity index (χ0) is 12.4. The number of nitriles is 1. The van der Waals surface area contributed by atoms with Crippen LogP contribution < -0.4 is 10.6 Å². The third-order valence-corrected chi connectivity index (χ3v) is 3.85. The fourth-order valence-electron chi connectivity index (χ4n) is 2.16. The molecule has 0 bridgehead atoms. The first-order valence-corrected chi connectivity index (χ1v) is 6.60. The topological polar surface area (TPSA) is 53.0 Å². The third-order valence-electron chi connectivity index (χ3n) is 3.39. The van der Waals surface area contributed by atoms with E-state index < -0.39 is 0 Å². The molecule has 2 rings (SSSR count). The number of nitrogens with zero attached hydrogens (tertiary/aromatic N) is 2. The number of piperidine rings is 1. The maximum Gasteiger partial charge on any atom is 0.0992 e. The Balaban J connectivity index is 2.23. The molecule has 1 saturated heterocycles. The van der Waals surface area contributed by atoms with Crippen LogP contribution >= 0.6 is 15.9 Å². The van der Waals surface area contributed by atoms with E-state index >= 15 is 0 Å². The minimum atomic E-state index is 0.216. The molecule has 0 aliphatic carbocycles. The number of anilines is 1. The van der Waals surface area contributed by atoms with E-state index in [1.165, 1.54) is 0 Å². The Morgan fingerprint density at radius 3 is 2.88 bits per heavy atom. The molecule has 17 heavy (non-hydrogen) atoms. The van der Waals surface area contributed by atoms with Crippen molar-refractivity contribution < 1.29 is 0 Å². The van der Waals surface area contributed by atoms with Crippen molar-refractivity contribution in [3.8, 4) is 6.07 Å². The van der Waals surface area contributed by atoms with Gasteiger partial charge in [-0.05, 0) is 30.5 Å². The number of halogens is 1. The van der Waals surface area contributed by atoms with Crippen LogP contribution in [0.4, 0.5) is 5.69 Å². The van der Waals surface area contributed by atoms with Crippen LogP contribution in [0, 0.1) is 17.2 Å². The van der Waals surface area contributed by atoms with Crippen molar-refractivity contribution in [3.63, 3.8) is 0 Å². The predicted molar refractivity (Wildman–Crippen MR) is 72.8 cm³/mol. The maximum absolute atomic E-state index is 8.96. The van der Waals surface area contributed by atoms with Crippen molar-refractivity contribution in [2.75, 3.05) is 18.0 Å². The summed E-state index contributed by atoms with van der Waals surface area (Å²) < 4.78 is 0.943. The standard InChI is InChI=1S/C13H16BrN3/c1-9-2-3-17(8-13(9)16)12-5-10(7-15)4-11(14)6-12/h4-6,9,13H,2-3,8,16H2,1H3. The average Bonchev–Trinajstić information content (AvgIpc) is 2.32. The van der Waals surface area contributed by atoms with Crippen molar-refractivity contribution >= 4 is 21.6 Å². The summed E-state index contributed by atoms with van der Waals surface area (Å²) in [5.41, 5.74) is 7.86. The highest BCUT2D eigenvalue weighted by atomic mass is 79.9. The van der Waals surface area contributed by atoms with Gasteiger partial charge in [0.2, 0.25) is 0 Å². The van der Waals surface area contributed by atoms with E-state index in [2.05, 4.69) is 33.8 Å². The molecule has 1 aromatic carbocycles. The van der Waals surface area contributed by atoms with E-state index in [1.807, 2.05) is 18.2 Å². The van der Waals surface area contributed by atoms with Gasteiger partial charge in [-0.2, -0.15) is 5.26 Å². The van der Waals surface area contributed by atoms with E-state index in [9.17, 15) is 0 Å². The van der Waals surface area contributed by atoms with Gasteiger partial charge in [-0.1, -0.05) is 22.9 Å². The summed E-state index contributed by atoms with van der Waals surface area (Å²) >= 11 is 3.44. The Morgan fingerprint density at radius 1 is 1.47 bits per heavy atom. The van der Waals surface area contributed by atoms with Gasteiger partial charge in [0.25, 0.3) is 0 Å². The molecule has 2 N–H and O–H groups in total. The summed E-state index contributed by atoms with van der Waals surface area (Å²) in [6.07, 6.45) is 1.11. The van der Waals surface area contributed by atoms with Gasteiger partial charge in [-0.15, -0.1) is 0 Å². The molecule has 1 aliphatic rings. The van der Waals surface area contributed by atoms with Gasteiger partial charge in [-0.25, -0.2) is 0 Å². The number of nitrogens with two attached hydrogens (primary N) is 1. The fraction of sp³-hybridized carbons (Fsp3) is 0.462. The number of rotatable bonds is 1. The van der Waals surface area contributed by atoms with Gasteiger partial charge in [0.15, 0.2) is 0 Å². The van der Waals surface area contributed by atoms with E-state index in [1.54, 1.807) is 0 Å². The molecule has 0 radical (unpaired) electrons. The van der Waals surface area contributed by atoms with Crippen LogP contribution in [0.3, 0.4) is 0 Å². The van der Waals surface area contributed by atoms with Crippen molar-refractivity contribution in [1.82, 2.24) is 0 Å². The van der Waals surface area contributed by atoms with Gasteiger partial charge >= 0.3 is 0 Å².